The average molecular weight is 725 g/mol. The molecule has 2 atom stereocenters. The molecule has 3 aromatic carbocycles. The first-order valence-corrected chi connectivity index (χ1v) is 19.9. The van der Waals surface area contributed by atoms with Crippen LogP contribution in [0.4, 0.5) is 17.1 Å². The normalized spacial score (nSPS) is 22.7. The van der Waals surface area contributed by atoms with Crippen molar-refractivity contribution in [3.8, 4) is 11.5 Å². The zero-order chi connectivity index (χ0) is 36.4. The van der Waals surface area contributed by atoms with Crippen LogP contribution in [0.5, 0.6) is 11.5 Å². The van der Waals surface area contributed by atoms with Gasteiger partial charge in [0, 0.05) is 65.7 Å². The fraction of sp³-hybridized carbons (Fsp3) is 0.391. The Morgan fingerprint density at radius 1 is 0.648 bits per heavy atom. The van der Waals surface area contributed by atoms with Crippen molar-refractivity contribution in [1.29, 1.82) is 0 Å². The monoisotopic (exact) mass is 724 g/mol. The highest BCUT2D eigenvalue weighted by Gasteiger charge is 2.33. The molecular formula is C46H48N2O6. The summed E-state index contributed by atoms with van der Waals surface area (Å²) < 4.78 is 24.8. The number of allylic oxidation sites excluding steroid dienone is 7. The maximum absolute atomic E-state index is 13.7. The molecule has 4 fully saturated rings. The van der Waals surface area contributed by atoms with Crippen molar-refractivity contribution in [1.82, 2.24) is 0 Å². The lowest BCUT2D eigenvalue weighted by atomic mass is 9.80. The van der Waals surface area contributed by atoms with E-state index in [1.54, 1.807) is 0 Å². The zero-order valence-electron chi connectivity index (χ0n) is 30.8. The van der Waals surface area contributed by atoms with Crippen LogP contribution in [0.1, 0.15) is 69.8 Å². The van der Waals surface area contributed by atoms with Crippen molar-refractivity contribution >= 4 is 34.1 Å². The van der Waals surface area contributed by atoms with Crippen molar-refractivity contribution < 1.29 is 33.4 Å². The summed E-state index contributed by atoms with van der Waals surface area (Å²) in [6.45, 7) is 2.71. The van der Waals surface area contributed by atoms with Crippen LogP contribution < -0.4 is 19.5 Å². The zero-order valence-corrected chi connectivity index (χ0v) is 30.8. The molecule has 2 saturated heterocycles. The molecule has 0 aromatic heterocycles. The number of carbonyl (C=O) groups excluding carboxylic acids is 1. The molecule has 2 saturated carbocycles. The minimum absolute atomic E-state index is 0.187. The van der Waals surface area contributed by atoms with E-state index in [9.17, 15) is 9.90 Å². The van der Waals surface area contributed by atoms with Crippen LogP contribution >= 0.6 is 0 Å². The van der Waals surface area contributed by atoms with Crippen molar-refractivity contribution in [2.45, 2.75) is 88.5 Å². The first-order valence-electron chi connectivity index (χ1n) is 19.9. The van der Waals surface area contributed by atoms with Crippen molar-refractivity contribution in [2.24, 2.45) is 0 Å². The smallest absolute Gasteiger partial charge is 0.206 e. The molecule has 0 amide bonds. The predicted molar refractivity (Wildman–Crippen MR) is 208 cm³/mol. The number of rotatable bonds is 12. The minimum atomic E-state index is -0.187. The van der Waals surface area contributed by atoms with Crippen LogP contribution in [0.15, 0.2) is 114 Å². The lowest BCUT2D eigenvalue weighted by Gasteiger charge is -2.37. The molecule has 54 heavy (non-hydrogen) atoms. The topological polar surface area (TPSA) is 89.9 Å². The van der Waals surface area contributed by atoms with E-state index >= 15 is 0 Å². The van der Waals surface area contributed by atoms with E-state index in [1.165, 1.54) is 38.5 Å². The van der Waals surface area contributed by atoms with E-state index in [4.69, 9.17) is 18.9 Å². The van der Waals surface area contributed by atoms with E-state index in [0.717, 1.165) is 73.2 Å². The molecule has 4 aliphatic carbocycles. The van der Waals surface area contributed by atoms with Crippen molar-refractivity contribution in [3.05, 3.63) is 120 Å². The number of hydrogen-bond donors (Lipinski definition) is 0. The first kappa shape index (κ1) is 34.8. The molecule has 2 heterocycles. The third kappa shape index (κ3) is 7.55. The number of carbonyl (C=O) groups is 1. The second-order valence-electron chi connectivity index (χ2n) is 15.3. The molecular weight excluding hydrogens is 677 g/mol. The first-order chi connectivity index (χ1) is 26.6. The number of hydrogen-bond acceptors (Lipinski definition) is 7. The van der Waals surface area contributed by atoms with Gasteiger partial charge < -0.3 is 29.0 Å². The highest BCUT2D eigenvalue weighted by Crippen LogP contribution is 2.40. The maximum Gasteiger partial charge on any atom is 0.206 e. The van der Waals surface area contributed by atoms with Crippen molar-refractivity contribution in [2.75, 3.05) is 31.3 Å². The molecule has 8 nitrogen and oxygen atoms in total. The van der Waals surface area contributed by atoms with Gasteiger partial charge in [0.2, 0.25) is 11.4 Å². The SMILES string of the molecule is O=C1C(=C2C=CC(=[N+](c3ccc(OCC4CO4)cc3)C3CCCCC3)C=C2)C([O-])=C1c1ccc(N(c2ccc(OCC3CO3)cc2)C2CCCCC2)cc1. The van der Waals surface area contributed by atoms with Gasteiger partial charge in [0.15, 0.2) is 11.8 Å². The Labute approximate surface area is 317 Å². The van der Waals surface area contributed by atoms with Crippen LogP contribution in [0, 0.1) is 0 Å². The number of anilines is 2. The van der Waals surface area contributed by atoms with Gasteiger partial charge in [-0.25, -0.2) is 0 Å². The lowest BCUT2D eigenvalue weighted by Crippen LogP contribution is -2.33. The third-order valence-corrected chi connectivity index (χ3v) is 11.6. The second-order valence-corrected chi connectivity index (χ2v) is 15.3. The van der Waals surface area contributed by atoms with Crippen molar-refractivity contribution in [3.63, 3.8) is 0 Å². The number of ketones is 1. The van der Waals surface area contributed by atoms with E-state index in [0.29, 0.717) is 36.4 Å². The summed E-state index contributed by atoms with van der Waals surface area (Å²) in [4.78, 5) is 16.1. The number of Topliss-reactive ketones (excluding diaryl/α,β-unsaturated/α-hetero) is 1. The Hall–Kier alpha value is -4.92. The van der Waals surface area contributed by atoms with Gasteiger partial charge in [0.05, 0.1) is 13.2 Å². The van der Waals surface area contributed by atoms with E-state index in [-0.39, 0.29) is 34.9 Å². The summed E-state index contributed by atoms with van der Waals surface area (Å²) in [5.41, 5.74) is 6.22. The second kappa shape index (κ2) is 15.4. The van der Waals surface area contributed by atoms with E-state index < -0.39 is 0 Å². The fourth-order valence-electron chi connectivity index (χ4n) is 8.43. The molecule has 6 aliphatic rings. The summed E-state index contributed by atoms with van der Waals surface area (Å²) in [5, 5.41) is 13.7. The van der Waals surface area contributed by atoms with Gasteiger partial charge in [0.25, 0.3) is 0 Å². The number of epoxide rings is 2. The van der Waals surface area contributed by atoms with Crippen LogP contribution in [-0.2, 0) is 14.3 Å². The molecule has 8 heteroatoms. The van der Waals surface area contributed by atoms with E-state index in [2.05, 4.69) is 58.0 Å². The highest BCUT2D eigenvalue weighted by atomic mass is 16.6. The quantitative estimate of drug-likeness (QED) is 0.107. The average Bonchev–Trinajstić information content (AvgIpc) is 4.17. The van der Waals surface area contributed by atoms with Gasteiger partial charge in [0.1, 0.15) is 36.9 Å². The van der Waals surface area contributed by atoms with Gasteiger partial charge in [-0.15, -0.1) is 0 Å². The summed E-state index contributed by atoms with van der Waals surface area (Å²) in [5.74, 6) is 1.30. The van der Waals surface area contributed by atoms with Gasteiger partial charge >= 0.3 is 0 Å². The Kier molecular flexibility index (Phi) is 9.96. The molecule has 2 aliphatic heterocycles. The van der Waals surface area contributed by atoms with Crippen LogP contribution in [0.2, 0.25) is 0 Å². The summed E-state index contributed by atoms with van der Waals surface area (Å²) in [6.07, 6.45) is 20.3. The Bertz CT molecular complexity index is 1990. The van der Waals surface area contributed by atoms with Crippen LogP contribution in [0.3, 0.4) is 0 Å². The Balaban J connectivity index is 0.945. The van der Waals surface area contributed by atoms with E-state index in [1.807, 2.05) is 48.6 Å². The Morgan fingerprint density at radius 3 is 1.70 bits per heavy atom. The summed E-state index contributed by atoms with van der Waals surface area (Å²) in [6, 6.07) is 25.3. The molecule has 3 aromatic rings. The van der Waals surface area contributed by atoms with Gasteiger partial charge in [-0.05, 0) is 97.5 Å². The lowest BCUT2D eigenvalue weighted by molar-refractivity contribution is -0.488. The number of benzene rings is 3. The number of nitrogens with zero attached hydrogens (tertiary/aromatic N) is 2. The maximum atomic E-state index is 13.7. The Morgan fingerprint density at radius 2 is 1.17 bits per heavy atom. The van der Waals surface area contributed by atoms with Gasteiger partial charge in [-0.1, -0.05) is 43.6 Å². The standard InChI is InChI=1S/C46H48N2O6/c49-45-43(31-11-15-35(16-12-31)47(33-7-3-1-4-8-33)37-19-23-39(24-20-37)51-27-41-29-53-41)46(50)44(45)32-13-17-36(18-14-32)48(34-9-5-2-6-10-34)38-21-25-40(26-22-38)52-28-42-30-54-42/h11-26,33-34,41-42H,1-10,27-30H2. The molecule has 2 unspecified atom stereocenters. The molecule has 0 spiro atoms. The largest absolute Gasteiger partial charge is 0.871 e. The molecule has 0 radical (unpaired) electrons. The molecule has 0 N–H and O–H groups in total. The summed E-state index contributed by atoms with van der Waals surface area (Å²) in [7, 11) is 0. The van der Waals surface area contributed by atoms with Gasteiger partial charge in [-0.3, -0.25) is 4.79 Å². The summed E-state index contributed by atoms with van der Waals surface area (Å²) >= 11 is 0. The minimum Gasteiger partial charge on any atom is -0.871 e. The fourth-order valence-corrected chi connectivity index (χ4v) is 8.43. The van der Waals surface area contributed by atoms with Crippen LogP contribution in [0.25, 0.3) is 5.57 Å². The van der Waals surface area contributed by atoms with Crippen LogP contribution in [-0.4, -0.2) is 66.8 Å². The predicted octanol–water partition coefficient (Wildman–Crippen LogP) is 7.91. The molecule has 278 valence electrons. The highest BCUT2D eigenvalue weighted by molar-refractivity contribution is 6.39. The number of ether oxygens (including phenoxy) is 4. The molecule has 0 bridgehead atoms. The third-order valence-electron chi connectivity index (χ3n) is 11.6. The molecule has 9 rings (SSSR count). The van der Waals surface area contributed by atoms with Gasteiger partial charge in [-0.2, -0.15) is 4.58 Å².